The van der Waals surface area contributed by atoms with Gasteiger partial charge in [-0.3, -0.25) is 9.78 Å². The predicted octanol–water partition coefficient (Wildman–Crippen LogP) is 3.51. The maximum absolute atomic E-state index is 12.6. The maximum atomic E-state index is 12.6. The van der Waals surface area contributed by atoms with E-state index in [-0.39, 0.29) is 5.91 Å². The van der Waals surface area contributed by atoms with Crippen molar-refractivity contribution >= 4 is 17.2 Å². The summed E-state index contributed by atoms with van der Waals surface area (Å²) in [5, 5.41) is 0. The minimum atomic E-state index is 0.215. The zero-order chi connectivity index (χ0) is 15.1. The first-order valence-corrected chi connectivity index (χ1v) is 8.83. The SMILES string of the molecule is C[C@H]1CCc2sc(C(=O)N3CC(c4cccnc4)C3)cc2C1. The number of carbonyl (C=O) groups is 1. The first-order valence-electron chi connectivity index (χ1n) is 8.01. The fraction of sp³-hybridized carbons (Fsp3) is 0.444. The molecule has 0 radical (unpaired) electrons. The summed E-state index contributed by atoms with van der Waals surface area (Å²) in [4.78, 5) is 21.1. The molecule has 0 N–H and O–H groups in total. The fourth-order valence-electron chi connectivity index (χ4n) is 3.44. The molecule has 2 aliphatic rings. The second-order valence-electron chi connectivity index (χ2n) is 6.60. The fourth-order valence-corrected chi connectivity index (χ4v) is 4.62. The van der Waals surface area contributed by atoms with Gasteiger partial charge in [0.15, 0.2) is 0 Å². The lowest BCUT2D eigenvalue weighted by Crippen LogP contribution is -2.48. The van der Waals surface area contributed by atoms with Crippen LogP contribution in [0.3, 0.4) is 0 Å². The smallest absolute Gasteiger partial charge is 0.263 e. The molecule has 2 aromatic rings. The zero-order valence-corrected chi connectivity index (χ0v) is 13.6. The van der Waals surface area contributed by atoms with Crippen LogP contribution < -0.4 is 0 Å². The molecule has 4 rings (SSSR count). The zero-order valence-electron chi connectivity index (χ0n) is 12.8. The van der Waals surface area contributed by atoms with Gasteiger partial charge in [0, 0.05) is 36.3 Å². The van der Waals surface area contributed by atoms with Gasteiger partial charge in [0.1, 0.15) is 0 Å². The summed E-state index contributed by atoms with van der Waals surface area (Å²) in [5.74, 6) is 1.42. The molecule has 1 aliphatic carbocycles. The number of fused-ring (bicyclic) bond motifs is 1. The van der Waals surface area contributed by atoms with Crippen LogP contribution in [0.2, 0.25) is 0 Å². The Bertz CT molecular complexity index is 688. The second kappa shape index (κ2) is 5.51. The van der Waals surface area contributed by atoms with Crippen LogP contribution in [0.4, 0.5) is 0 Å². The molecule has 1 atom stereocenters. The monoisotopic (exact) mass is 312 g/mol. The Balaban J connectivity index is 1.44. The minimum Gasteiger partial charge on any atom is -0.337 e. The highest BCUT2D eigenvalue weighted by Crippen LogP contribution is 2.34. The van der Waals surface area contributed by atoms with Crippen LogP contribution in [0, 0.1) is 5.92 Å². The van der Waals surface area contributed by atoms with E-state index < -0.39 is 0 Å². The number of nitrogens with zero attached hydrogens (tertiary/aromatic N) is 2. The standard InChI is InChI=1S/C18H20N2OS/c1-12-4-5-16-14(7-12)8-17(22-16)18(21)20-10-15(11-20)13-3-2-6-19-9-13/h2-3,6,8-9,12,15H,4-5,7,10-11H2,1H3/t12-/m0/s1. The Morgan fingerprint density at radius 1 is 1.41 bits per heavy atom. The van der Waals surface area contributed by atoms with Crippen molar-refractivity contribution in [3.8, 4) is 0 Å². The van der Waals surface area contributed by atoms with Gasteiger partial charge >= 0.3 is 0 Å². The molecule has 2 aromatic heterocycles. The first kappa shape index (κ1) is 13.9. The van der Waals surface area contributed by atoms with Gasteiger partial charge < -0.3 is 4.90 Å². The Morgan fingerprint density at radius 2 is 2.27 bits per heavy atom. The van der Waals surface area contributed by atoms with Crippen LogP contribution >= 0.6 is 11.3 Å². The number of aromatic nitrogens is 1. The minimum absolute atomic E-state index is 0.215. The Kier molecular flexibility index (Phi) is 3.49. The lowest BCUT2D eigenvalue weighted by Gasteiger charge is -2.39. The van der Waals surface area contributed by atoms with E-state index in [2.05, 4.69) is 24.0 Å². The molecule has 0 bridgehead atoms. The van der Waals surface area contributed by atoms with E-state index in [1.807, 2.05) is 17.2 Å². The van der Waals surface area contributed by atoms with Crippen LogP contribution in [0.25, 0.3) is 0 Å². The summed E-state index contributed by atoms with van der Waals surface area (Å²) in [6.07, 6.45) is 7.25. The molecule has 0 saturated carbocycles. The highest BCUT2D eigenvalue weighted by atomic mass is 32.1. The first-order chi connectivity index (χ1) is 10.7. The molecular weight excluding hydrogens is 292 g/mol. The van der Waals surface area contributed by atoms with Crippen LogP contribution in [0.15, 0.2) is 30.6 Å². The van der Waals surface area contributed by atoms with E-state index in [1.54, 1.807) is 17.5 Å². The van der Waals surface area contributed by atoms with Crippen molar-refractivity contribution in [2.45, 2.75) is 32.1 Å². The number of rotatable bonds is 2. The van der Waals surface area contributed by atoms with E-state index in [4.69, 9.17) is 0 Å². The van der Waals surface area contributed by atoms with Gasteiger partial charge in [-0.15, -0.1) is 11.3 Å². The van der Waals surface area contributed by atoms with Crippen LogP contribution in [0.1, 0.15) is 44.9 Å². The van der Waals surface area contributed by atoms with Crippen molar-refractivity contribution in [1.29, 1.82) is 0 Å². The van der Waals surface area contributed by atoms with Gasteiger partial charge in [-0.25, -0.2) is 0 Å². The third-order valence-electron chi connectivity index (χ3n) is 4.86. The molecule has 1 amide bonds. The molecular formula is C18H20N2OS. The normalized spacial score (nSPS) is 21.3. The molecule has 22 heavy (non-hydrogen) atoms. The van der Waals surface area contributed by atoms with Crippen molar-refractivity contribution in [1.82, 2.24) is 9.88 Å². The molecule has 114 valence electrons. The number of carbonyl (C=O) groups excluding carboxylic acids is 1. The summed E-state index contributed by atoms with van der Waals surface area (Å²) in [6, 6.07) is 6.22. The third-order valence-corrected chi connectivity index (χ3v) is 6.09. The average molecular weight is 312 g/mol. The summed E-state index contributed by atoms with van der Waals surface area (Å²) >= 11 is 1.72. The van der Waals surface area contributed by atoms with E-state index in [9.17, 15) is 4.79 Å². The van der Waals surface area contributed by atoms with Gasteiger partial charge in [0.2, 0.25) is 0 Å². The number of hydrogen-bond donors (Lipinski definition) is 0. The maximum Gasteiger partial charge on any atom is 0.263 e. The molecule has 1 fully saturated rings. The summed E-state index contributed by atoms with van der Waals surface area (Å²) in [6.45, 7) is 3.95. The highest BCUT2D eigenvalue weighted by molar-refractivity contribution is 7.14. The molecule has 3 heterocycles. The average Bonchev–Trinajstić information content (AvgIpc) is 2.89. The lowest BCUT2D eigenvalue weighted by molar-refractivity contribution is 0.0607. The molecule has 4 heteroatoms. The molecule has 0 spiro atoms. The predicted molar refractivity (Wildman–Crippen MR) is 88.4 cm³/mol. The van der Waals surface area contributed by atoms with E-state index in [1.165, 1.54) is 22.4 Å². The number of pyridine rings is 1. The Labute approximate surface area is 135 Å². The third kappa shape index (κ3) is 2.45. The Morgan fingerprint density at radius 3 is 3.05 bits per heavy atom. The van der Waals surface area contributed by atoms with E-state index in [0.717, 1.165) is 36.7 Å². The van der Waals surface area contributed by atoms with Crippen molar-refractivity contribution in [2.75, 3.05) is 13.1 Å². The number of hydrogen-bond acceptors (Lipinski definition) is 3. The van der Waals surface area contributed by atoms with E-state index in [0.29, 0.717) is 5.92 Å². The summed E-state index contributed by atoms with van der Waals surface area (Å²) in [5.41, 5.74) is 2.65. The molecule has 3 nitrogen and oxygen atoms in total. The van der Waals surface area contributed by atoms with Gasteiger partial charge in [0.25, 0.3) is 5.91 Å². The quantitative estimate of drug-likeness (QED) is 0.850. The molecule has 1 aliphatic heterocycles. The summed E-state index contributed by atoms with van der Waals surface area (Å²) in [7, 11) is 0. The molecule has 0 unspecified atom stereocenters. The molecule has 0 aromatic carbocycles. The highest BCUT2D eigenvalue weighted by Gasteiger charge is 2.33. The Hall–Kier alpha value is -1.68. The number of amides is 1. The van der Waals surface area contributed by atoms with Crippen molar-refractivity contribution < 1.29 is 4.79 Å². The number of thiophene rings is 1. The van der Waals surface area contributed by atoms with Gasteiger partial charge in [-0.05, 0) is 48.4 Å². The number of aryl methyl sites for hydroxylation is 1. The van der Waals surface area contributed by atoms with Gasteiger partial charge in [0.05, 0.1) is 4.88 Å². The second-order valence-corrected chi connectivity index (χ2v) is 7.74. The largest absolute Gasteiger partial charge is 0.337 e. The van der Waals surface area contributed by atoms with Gasteiger partial charge in [-0.1, -0.05) is 13.0 Å². The topological polar surface area (TPSA) is 33.2 Å². The van der Waals surface area contributed by atoms with Crippen molar-refractivity contribution in [3.63, 3.8) is 0 Å². The van der Waals surface area contributed by atoms with Crippen LogP contribution in [0.5, 0.6) is 0 Å². The lowest BCUT2D eigenvalue weighted by atomic mass is 9.90. The van der Waals surface area contributed by atoms with E-state index >= 15 is 0 Å². The van der Waals surface area contributed by atoms with Crippen LogP contribution in [-0.4, -0.2) is 28.9 Å². The summed E-state index contributed by atoms with van der Waals surface area (Å²) < 4.78 is 0. The number of likely N-dealkylation sites (tertiary alicyclic amines) is 1. The van der Waals surface area contributed by atoms with Crippen LogP contribution in [-0.2, 0) is 12.8 Å². The van der Waals surface area contributed by atoms with Gasteiger partial charge in [-0.2, -0.15) is 0 Å². The van der Waals surface area contributed by atoms with Crippen molar-refractivity contribution in [3.05, 3.63) is 51.5 Å². The van der Waals surface area contributed by atoms with Crippen molar-refractivity contribution in [2.24, 2.45) is 5.92 Å². The molecule has 1 saturated heterocycles.